The molecule has 1 amide bonds. The fraction of sp³-hybridized carbons (Fsp3) is 0.500. The van der Waals surface area contributed by atoms with Gasteiger partial charge >= 0.3 is 12.0 Å². The van der Waals surface area contributed by atoms with E-state index in [9.17, 15) is 9.59 Å². The molecule has 30 heavy (non-hydrogen) atoms. The lowest BCUT2D eigenvalue weighted by atomic mass is 10.0. The topological polar surface area (TPSA) is 87.9 Å². The number of benzene rings is 1. The number of carboxylic acid groups (broad SMARTS) is 1. The third-order valence-corrected chi connectivity index (χ3v) is 6.57. The van der Waals surface area contributed by atoms with Crippen LogP contribution in [0.5, 0.6) is 5.75 Å². The number of aromatic nitrogens is 2. The van der Waals surface area contributed by atoms with E-state index in [2.05, 4.69) is 28.2 Å². The van der Waals surface area contributed by atoms with Crippen LogP contribution in [0, 0.1) is 11.8 Å². The molecule has 1 aromatic heterocycles. The Labute approximate surface area is 175 Å². The first kappa shape index (κ1) is 19.0. The molecule has 1 aliphatic carbocycles. The lowest BCUT2D eigenvalue weighted by molar-refractivity contribution is 0.0690. The second-order valence-corrected chi connectivity index (χ2v) is 8.56. The first-order valence-electron chi connectivity index (χ1n) is 10.7. The standard InChI is InChI=1S/C22H26N4O4/c27-21(28)20-6-9-26(23-20)22(29)25-13-15-10-19(11-16(15)14-25)30-18-5-3-4-17(12-18)24-7-1-2-8-24/h3-6,9,12,15-16,19H,1-2,7-8,10-11,13-14H2,(H,27,28). The highest BCUT2D eigenvalue weighted by Gasteiger charge is 2.43. The highest BCUT2D eigenvalue weighted by Crippen LogP contribution is 2.40. The molecular formula is C22H26N4O4. The van der Waals surface area contributed by atoms with Gasteiger partial charge in [-0.3, -0.25) is 0 Å². The summed E-state index contributed by atoms with van der Waals surface area (Å²) in [5.74, 6) is 0.620. The van der Waals surface area contributed by atoms with Gasteiger partial charge in [-0.1, -0.05) is 6.07 Å². The molecule has 1 N–H and O–H groups in total. The first-order chi connectivity index (χ1) is 14.6. The highest BCUT2D eigenvalue weighted by molar-refractivity contribution is 5.86. The van der Waals surface area contributed by atoms with Crippen LogP contribution in [-0.4, -0.2) is 64.1 Å². The molecule has 158 valence electrons. The maximum Gasteiger partial charge on any atom is 0.356 e. The van der Waals surface area contributed by atoms with Crippen LogP contribution in [-0.2, 0) is 0 Å². The molecule has 3 aliphatic rings. The van der Waals surface area contributed by atoms with Crippen LogP contribution in [0.1, 0.15) is 36.2 Å². The number of carbonyl (C=O) groups is 2. The van der Waals surface area contributed by atoms with Crippen LogP contribution in [0.2, 0.25) is 0 Å². The average Bonchev–Trinajstić information content (AvgIpc) is 3.50. The van der Waals surface area contributed by atoms with E-state index in [-0.39, 0.29) is 17.8 Å². The summed E-state index contributed by atoms with van der Waals surface area (Å²) < 4.78 is 7.44. The van der Waals surface area contributed by atoms with Crippen molar-refractivity contribution in [1.29, 1.82) is 0 Å². The summed E-state index contributed by atoms with van der Waals surface area (Å²) in [6, 6.07) is 9.48. The first-order valence-corrected chi connectivity index (χ1v) is 10.7. The molecule has 3 fully saturated rings. The number of hydrogen-bond acceptors (Lipinski definition) is 5. The second kappa shape index (κ2) is 7.66. The van der Waals surface area contributed by atoms with Crippen molar-refractivity contribution in [2.75, 3.05) is 31.1 Å². The van der Waals surface area contributed by atoms with Crippen LogP contribution < -0.4 is 9.64 Å². The number of carbonyl (C=O) groups excluding carboxylic acids is 1. The smallest absolute Gasteiger partial charge is 0.356 e. The van der Waals surface area contributed by atoms with Crippen LogP contribution in [0.4, 0.5) is 10.5 Å². The van der Waals surface area contributed by atoms with Gasteiger partial charge in [-0.2, -0.15) is 9.78 Å². The third kappa shape index (κ3) is 3.62. The van der Waals surface area contributed by atoms with Crippen molar-refractivity contribution in [2.45, 2.75) is 31.8 Å². The summed E-state index contributed by atoms with van der Waals surface area (Å²) in [7, 11) is 0. The molecule has 0 bridgehead atoms. The summed E-state index contributed by atoms with van der Waals surface area (Å²) in [6.07, 6.45) is 5.96. The molecule has 2 aromatic rings. The summed E-state index contributed by atoms with van der Waals surface area (Å²) in [5.41, 5.74) is 1.12. The molecule has 8 nitrogen and oxygen atoms in total. The van der Waals surface area contributed by atoms with E-state index >= 15 is 0 Å². The van der Waals surface area contributed by atoms with E-state index in [1.807, 2.05) is 6.07 Å². The van der Waals surface area contributed by atoms with Crippen LogP contribution in [0.3, 0.4) is 0 Å². The highest BCUT2D eigenvalue weighted by atomic mass is 16.5. The van der Waals surface area contributed by atoms with E-state index in [0.29, 0.717) is 24.9 Å². The number of anilines is 1. The number of rotatable bonds is 4. The fourth-order valence-electron chi connectivity index (χ4n) is 5.11. The van der Waals surface area contributed by atoms with Gasteiger partial charge in [0.15, 0.2) is 5.69 Å². The van der Waals surface area contributed by atoms with Crippen molar-refractivity contribution >= 4 is 17.7 Å². The van der Waals surface area contributed by atoms with Gasteiger partial charge in [-0.25, -0.2) is 9.59 Å². The molecule has 0 spiro atoms. The largest absolute Gasteiger partial charge is 0.490 e. The van der Waals surface area contributed by atoms with E-state index in [1.165, 1.54) is 30.8 Å². The molecule has 1 aromatic carbocycles. The molecule has 1 saturated carbocycles. The third-order valence-electron chi connectivity index (χ3n) is 6.57. The summed E-state index contributed by atoms with van der Waals surface area (Å²) >= 11 is 0. The Morgan fingerprint density at radius 2 is 1.80 bits per heavy atom. The fourth-order valence-corrected chi connectivity index (χ4v) is 5.11. The lowest BCUT2D eigenvalue weighted by Gasteiger charge is -2.21. The van der Waals surface area contributed by atoms with Crippen LogP contribution >= 0.6 is 0 Å². The number of hydrogen-bond donors (Lipinski definition) is 1. The molecule has 8 heteroatoms. The molecule has 5 rings (SSSR count). The maximum atomic E-state index is 12.6. The minimum atomic E-state index is -1.13. The number of nitrogens with zero attached hydrogens (tertiary/aromatic N) is 4. The monoisotopic (exact) mass is 410 g/mol. The molecule has 2 saturated heterocycles. The van der Waals surface area contributed by atoms with Crippen molar-refractivity contribution in [3.63, 3.8) is 0 Å². The van der Waals surface area contributed by atoms with Gasteiger partial charge in [-0.15, -0.1) is 0 Å². The van der Waals surface area contributed by atoms with Crippen LogP contribution in [0.25, 0.3) is 0 Å². The quantitative estimate of drug-likeness (QED) is 0.834. The molecule has 3 heterocycles. The number of ether oxygens (including phenoxy) is 1. The zero-order valence-corrected chi connectivity index (χ0v) is 16.8. The Hall–Kier alpha value is -3.03. The average molecular weight is 410 g/mol. The summed E-state index contributed by atoms with van der Waals surface area (Å²) in [5, 5.41) is 12.8. The molecule has 2 atom stereocenters. The predicted octanol–water partition coefficient (Wildman–Crippen LogP) is 2.94. The van der Waals surface area contributed by atoms with Gasteiger partial charge in [0.2, 0.25) is 0 Å². The number of carboxylic acids is 1. The second-order valence-electron chi connectivity index (χ2n) is 8.56. The minimum Gasteiger partial charge on any atom is -0.490 e. The van der Waals surface area contributed by atoms with Crippen molar-refractivity contribution < 1.29 is 19.4 Å². The number of aromatic carboxylic acids is 1. The van der Waals surface area contributed by atoms with Gasteiger partial charge in [0.05, 0.1) is 6.10 Å². The SMILES string of the molecule is O=C(O)c1ccn(C(=O)N2CC3CC(Oc4cccc(N5CCCC5)c4)CC3C2)n1. The van der Waals surface area contributed by atoms with Crippen LogP contribution in [0.15, 0.2) is 36.5 Å². The normalized spacial score (nSPS) is 25.5. The van der Waals surface area contributed by atoms with Gasteiger partial charge in [0, 0.05) is 44.1 Å². The number of likely N-dealkylation sites (tertiary alicyclic amines) is 1. The van der Waals surface area contributed by atoms with Gasteiger partial charge in [-0.05, 0) is 55.7 Å². The summed E-state index contributed by atoms with van der Waals surface area (Å²) in [4.78, 5) is 27.8. The lowest BCUT2D eigenvalue weighted by Crippen LogP contribution is -2.34. The molecule has 0 radical (unpaired) electrons. The Balaban J connectivity index is 1.17. The van der Waals surface area contributed by atoms with E-state index in [0.717, 1.165) is 36.4 Å². The number of fused-ring (bicyclic) bond motifs is 1. The zero-order valence-electron chi connectivity index (χ0n) is 16.8. The van der Waals surface area contributed by atoms with Crippen molar-refractivity contribution in [2.24, 2.45) is 11.8 Å². The van der Waals surface area contributed by atoms with E-state index in [1.54, 1.807) is 4.90 Å². The Morgan fingerprint density at radius 3 is 2.47 bits per heavy atom. The maximum absolute atomic E-state index is 12.6. The van der Waals surface area contributed by atoms with E-state index in [4.69, 9.17) is 9.84 Å². The number of amides is 1. The minimum absolute atomic E-state index is 0.118. The van der Waals surface area contributed by atoms with Crippen molar-refractivity contribution in [3.8, 4) is 5.75 Å². The molecule has 2 unspecified atom stereocenters. The van der Waals surface area contributed by atoms with E-state index < -0.39 is 5.97 Å². The molecular weight excluding hydrogens is 384 g/mol. The van der Waals surface area contributed by atoms with Gasteiger partial charge < -0.3 is 19.6 Å². The zero-order chi connectivity index (χ0) is 20.7. The predicted molar refractivity (Wildman–Crippen MR) is 110 cm³/mol. The Bertz CT molecular complexity index is 938. The Morgan fingerprint density at radius 1 is 1.07 bits per heavy atom. The van der Waals surface area contributed by atoms with Gasteiger partial charge in [0.25, 0.3) is 0 Å². The van der Waals surface area contributed by atoms with Crippen molar-refractivity contribution in [1.82, 2.24) is 14.7 Å². The molecule has 2 aliphatic heterocycles. The van der Waals surface area contributed by atoms with Crippen molar-refractivity contribution in [3.05, 3.63) is 42.2 Å². The summed E-state index contributed by atoms with van der Waals surface area (Å²) in [6.45, 7) is 3.56. The van der Waals surface area contributed by atoms with Gasteiger partial charge in [0.1, 0.15) is 5.75 Å². The Kier molecular flexibility index (Phi) is 4.84.